The van der Waals surface area contributed by atoms with E-state index in [1.807, 2.05) is 0 Å². The van der Waals surface area contributed by atoms with Crippen molar-refractivity contribution in [3.8, 4) is 0 Å². The van der Waals surface area contributed by atoms with Gasteiger partial charge in [-0.1, -0.05) is 0 Å². The molecule has 11 heteroatoms. The maximum Gasteiger partial charge on any atom is 0.187 e. The van der Waals surface area contributed by atoms with Crippen LogP contribution in [0.15, 0.2) is 0 Å². The van der Waals surface area contributed by atoms with Crippen LogP contribution in [-0.4, -0.2) is 110 Å². The molecular weight excluding hydrogens is 318 g/mol. The third kappa shape index (κ3) is 3.65. The molecule has 11 nitrogen and oxygen atoms in total. The molecule has 9 N–H and O–H groups in total. The van der Waals surface area contributed by atoms with E-state index in [4.69, 9.17) is 30.2 Å². The van der Waals surface area contributed by atoms with Gasteiger partial charge in [0.25, 0.3) is 0 Å². The first kappa shape index (κ1) is 18.9. The Kier molecular flexibility index (Phi) is 6.27. The molecule has 2 saturated heterocycles. The molecule has 2 heterocycles. The van der Waals surface area contributed by atoms with Crippen molar-refractivity contribution in [3.05, 3.63) is 0 Å². The Labute approximate surface area is 131 Å². The summed E-state index contributed by atoms with van der Waals surface area (Å²) in [6.45, 7) is -1.26. The highest BCUT2D eigenvalue weighted by molar-refractivity contribution is 4.95. The summed E-state index contributed by atoms with van der Waals surface area (Å²) >= 11 is 0. The lowest BCUT2D eigenvalue weighted by molar-refractivity contribution is -0.340. The molecule has 6 unspecified atom stereocenters. The fraction of sp³-hybridized carbons (Fsp3) is 1.00. The largest absolute Gasteiger partial charge is 0.394 e. The molecular formula is C12H23NO10. The predicted octanol–water partition coefficient (Wildman–Crippen LogP) is -5.43. The molecule has 0 aromatic rings. The number of aliphatic hydroxyl groups excluding tert-OH is 7. The van der Waals surface area contributed by atoms with Gasteiger partial charge in [-0.15, -0.1) is 0 Å². The van der Waals surface area contributed by atoms with Crippen LogP contribution < -0.4 is 5.73 Å². The minimum atomic E-state index is -1.68. The zero-order chi connectivity index (χ0) is 17.3. The van der Waals surface area contributed by atoms with E-state index in [9.17, 15) is 25.5 Å². The summed E-state index contributed by atoms with van der Waals surface area (Å²) in [4.78, 5) is 0. The Balaban J connectivity index is 2.11. The molecule has 0 amide bonds. The van der Waals surface area contributed by atoms with Crippen LogP contribution in [0.25, 0.3) is 0 Å². The van der Waals surface area contributed by atoms with Crippen LogP contribution in [0.4, 0.5) is 0 Å². The maximum absolute atomic E-state index is 10.1. The first-order valence-corrected chi connectivity index (χ1v) is 7.15. The Morgan fingerprint density at radius 2 is 1.35 bits per heavy atom. The molecule has 2 rings (SSSR count). The van der Waals surface area contributed by atoms with Gasteiger partial charge in [-0.3, -0.25) is 0 Å². The SMILES string of the molecule is NC1[C@@H](O[C@@H]2OC(CO)C(O)[C@H](O)C2O)C(O)C(CO)O[C@@H]1O. The fourth-order valence-corrected chi connectivity index (χ4v) is 2.61. The van der Waals surface area contributed by atoms with Crippen molar-refractivity contribution in [2.45, 2.75) is 61.3 Å². The van der Waals surface area contributed by atoms with Crippen molar-refractivity contribution in [2.24, 2.45) is 5.73 Å². The van der Waals surface area contributed by atoms with Crippen LogP contribution in [0.1, 0.15) is 0 Å². The molecule has 0 aromatic heterocycles. The van der Waals surface area contributed by atoms with E-state index < -0.39 is 74.6 Å². The smallest absolute Gasteiger partial charge is 0.187 e. The maximum atomic E-state index is 10.1. The highest BCUT2D eigenvalue weighted by Crippen LogP contribution is 2.27. The second-order valence-electron chi connectivity index (χ2n) is 5.61. The molecule has 10 atom stereocenters. The van der Waals surface area contributed by atoms with Crippen molar-refractivity contribution in [1.82, 2.24) is 0 Å². The Hall–Kier alpha value is -0.440. The summed E-state index contributed by atoms with van der Waals surface area (Å²) in [5.74, 6) is 0. The molecule has 0 spiro atoms. The van der Waals surface area contributed by atoms with E-state index in [0.717, 1.165) is 0 Å². The van der Waals surface area contributed by atoms with Gasteiger partial charge in [-0.05, 0) is 0 Å². The van der Waals surface area contributed by atoms with E-state index in [0.29, 0.717) is 0 Å². The number of aliphatic hydroxyl groups is 7. The van der Waals surface area contributed by atoms with Gasteiger partial charge >= 0.3 is 0 Å². The molecule has 23 heavy (non-hydrogen) atoms. The average molecular weight is 341 g/mol. The van der Waals surface area contributed by atoms with Crippen LogP contribution in [0, 0.1) is 0 Å². The van der Waals surface area contributed by atoms with Gasteiger partial charge in [-0.2, -0.15) is 0 Å². The lowest BCUT2D eigenvalue weighted by atomic mass is 9.96. The lowest BCUT2D eigenvalue weighted by Crippen LogP contribution is -2.66. The minimum absolute atomic E-state index is 0.612. The summed E-state index contributed by atoms with van der Waals surface area (Å²) in [7, 11) is 0. The van der Waals surface area contributed by atoms with E-state index >= 15 is 0 Å². The van der Waals surface area contributed by atoms with Gasteiger partial charge in [0.05, 0.1) is 19.3 Å². The quantitative estimate of drug-likeness (QED) is 0.243. The third-order valence-electron chi connectivity index (χ3n) is 4.06. The van der Waals surface area contributed by atoms with Crippen LogP contribution in [0.5, 0.6) is 0 Å². The van der Waals surface area contributed by atoms with Gasteiger partial charge < -0.3 is 55.7 Å². The number of hydrogen-bond acceptors (Lipinski definition) is 11. The topological polar surface area (TPSA) is 195 Å². The van der Waals surface area contributed by atoms with Crippen molar-refractivity contribution in [1.29, 1.82) is 0 Å². The number of nitrogens with two attached hydrogens (primary N) is 1. The van der Waals surface area contributed by atoms with Gasteiger partial charge in [0, 0.05) is 0 Å². The Morgan fingerprint density at radius 1 is 0.783 bits per heavy atom. The Bertz CT molecular complexity index is 385. The van der Waals surface area contributed by atoms with Gasteiger partial charge in [-0.25, -0.2) is 0 Å². The second-order valence-corrected chi connectivity index (χ2v) is 5.61. The first-order chi connectivity index (χ1) is 10.8. The van der Waals surface area contributed by atoms with Crippen LogP contribution in [0.3, 0.4) is 0 Å². The second kappa shape index (κ2) is 7.63. The van der Waals surface area contributed by atoms with Crippen molar-refractivity contribution in [3.63, 3.8) is 0 Å². The Morgan fingerprint density at radius 3 is 1.91 bits per heavy atom. The number of hydrogen-bond donors (Lipinski definition) is 8. The van der Waals surface area contributed by atoms with Gasteiger partial charge in [0.2, 0.25) is 0 Å². The van der Waals surface area contributed by atoms with E-state index in [2.05, 4.69) is 0 Å². The molecule has 0 saturated carbocycles. The monoisotopic (exact) mass is 341 g/mol. The standard InChI is InChI=1S/C12H23NO10/c13-5-10(7(17)4(2-15)21-11(5)20)23-12-9(19)8(18)6(16)3(1-14)22-12/h3-12,14-20H,1-2,13H2/t3?,4?,5?,6?,7?,8-,9?,10+,11-,12-/m0/s1. The molecule has 136 valence electrons. The minimum Gasteiger partial charge on any atom is -0.394 e. The van der Waals surface area contributed by atoms with Gasteiger partial charge in [0.1, 0.15) is 42.7 Å². The van der Waals surface area contributed by atoms with Crippen molar-refractivity contribution >= 4 is 0 Å². The normalized spacial score (nSPS) is 51.7. The molecule has 0 radical (unpaired) electrons. The molecule has 2 aliphatic heterocycles. The molecule has 2 aliphatic rings. The molecule has 0 aromatic carbocycles. The van der Waals surface area contributed by atoms with Crippen molar-refractivity contribution in [2.75, 3.05) is 13.2 Å². The van der Waals surface area contributed by atoms with Crippen LogP contribution >= 0.6 is 0 Å². The van der Waals surface area contributed by atoms with E-state index in [1.54, 1.807) is 0 Å². The highest BCUT2D eigenvalue weighted by Gasteiger charge is 2.49. The first-order valence-electron chi connectivity index (χ1n) is 7.15. The van der Waals surface area contributed by atoms with Crippen LogP contribution in [0.2, 0.25) is 0 Å². The predicted molar refractivity (Wildman–Crippen MR) is 70.6 cm³/mol. The zero-order valence-corrected chi connectivity index (χ0v) is 12.1. The average Bonchev–Trinajstić information content (AvgIpc) is 2.54. The van der Waals surface area contributed by atoms with E-state index in [1.165, 1.54) is 0 Å². The van der Waals surface area contributed by atoms with E-state index in [-0.39, 0.29) is 0 Å². The van der Waals surface area contributed by atoms with Crippen molar-refractivity contribution < 1.29 is 50.0 Å². The fourth-order valence-electron chi connectivity index (χ4n) is 2.61. The zero-order valence-electron chi connectivity index (χ0n) is 12.1. The third-order valence-corrected chi connectivity index (χ3v) is 4.06. The van der Waals surface area contributed by atoms with Gasteiger partial charge in [0.15, 0.2) is 12.6 Å². The number of rotatable bonds is 4. The van der Waals surface area contributed by atoms with Crippen LogP contribution in [-0.2, 0) is 14.2 Å². The lowest BCUT2D eigenvalue weighted by Gasteiger charge is -2.45. The summed E-state index contributed by atoms with van der Waals surface area (Å²) in [6, 6.07) is -1.22. The number of ether oxygens (including phenoxy) is 3. The summed E-state index contributed by atoms with van der Waals surface area (Å²) in [5.41, 5.74) is 5.68. The highest BCUT2D eigenvalue weighted by atomic mass is 16.7. The summed E-state index contributed by atoms with van der Waals surface area (Å²) < 4.78 is 15.4. The molecule has 0 aliphatic carbocycles. The molecule has 0 bridgehead atoms. The molecule has 2 fully saturated rings. The summed E-state index contributed by atoms with van der Waals surface area (Å²) in [5, 5.41) is 67.3. The summed E-state index contributed by atoms with van der Waals surface area (Å²) in [6.07, 6.45) is -13.0.